The maximum absolute atomic E-state index is 9.72. The van der Waals surface area contributed by atoms with E-state index in [1.54, 1.807) is 0 Å². The third-order valence-electron chi connectivity index (χ3n) is 2.29. The van der Waals surface area contributed by atoms with Crippen molar-refractivity contribution in [3.8, 4) is 0 Å². The Labute approximate surface area is 78.8 Å². The van der Waals surface area contributed by atoms with Gasteiger partial charge in [-0.3, -0.25) is 0 Å². The Balaban J connectivity index is 2.88. The van der Waals surface area contributed by atoms with Crippen molar-refractivity contribution in [1.29, 1.82) is 0 Å². The van der Waals surface area contributed by atoms with Crippen molar-refractivity contribution in [3.63, 3.8) is 0 Å². The van der Waals surface area contributed by atoms with Crippen LogP contribution in [0, 0.1) is 6.92 Å². The number of hydrogen-bond donors (Lipinski definition) is 2. The first-order valence-corrected chi connectivity index (χ1v) is 4.58. The summed E-state index contributed by atoms with van der Waals surface area (Å²) in [5, 5.41) is 19.2. The highest BCUT2D eigenvalue weighted by atomic mass is 16.3. The molecule has 1 aromatic carbocycles. The van der Waals surface area contributed by atoms with Crippen LogP contribution in [0.5, 0.6) is 0 Å². The standard InChI is InChI=1S/C11H16O2/c1-3-10(12)11(13)9-7-5-4-6-8(9)2/h4-7,10-13H,3H2,1-2H3/t10-,11-/m0/s1. The van der Waals surface area contributed by atoms with Crippen molar-refractivity contribution in [2.45, 2.75) is 32.5 Å². The minimum atomic E-state index is -0.758. The van der Waals surface area contributed by atoms with Crippen LogP contribution in [-0.4, -0.2) is 16.3 Å². The maximum Gasteiger partial charge on any atom is 0.105 e. The first-order valence-electron chi connectivity index (χ1n) is 4.58. The van der Waals surface area contributed by atoms with Crippen molar-refractivity contribution in [2.24, 2.45) is 0 Å². The van der Waals surface area contributed by atoms with E-state index in [0.29, 0.717) is 6.42 Å². The van der Waals surface area contributed by atoms with Gasteiger partial charge in [0.2, 0.25) is 0 Å². The highest BCUT2D eigenvalue weighted by Gasteiger charge is 2.17. The minimum Gasteiger partial charge on any atom is -0.390 e. The van der Waals surface area contributed by atoms with Crippen molar-refractivity contribution in [1.82, 2.24) is 0 Å². The van der Waals surface area contributed by atoms with Gasteiger partial charge in [0.05, 0.1) is 6.10 Å². The molecule has 2 atom stereocenters. The van der Waals surface area contributed by atoms with Gasteiger partial charge in [-0.05, 0) is 24.5 Å². The first kappa shape index (κ1) is 10.2. The van der Waals surface area contributed by atoms with Gasteiger partial charge in [-0.2, -0.15) is 0 Å². The molecule has 0 amide bonds. The second kappa shape index (κ2) is 4.40. The summed E-state index contributed by atoms with van der Waals surface area (Å²) < 4.78 is 0. The predicted molar refractivity (Wildman–Crippen MR) is 52.4 cm³/mol. The van der Waals surface area contributed by atoms with Crippen LogP contribution in [0.3, 0.4) is 0 Å². The molecule has 13 heavy (non-hydrogen) atoms. The fourth-order valence-corrected chi connectivity index (χ4v) is 1.35. The van der Waals surface area contributed by atoms with Crippen molar-refractivity contribution >= 4 is 0 Å². The minimum absolute atomic E-state index is 0.565. The average molecular weight is 180 g/mol. The molecule has 2 heteroatoms. The predicted octanol–water partition coefficient (Wildman–Crippen LogP) is 1.80. The molecule has 1 rings (SSSR count). The Morgan fingerprint density at radius 1 is 1.23 bits per heavy atom. The largest absolute Gasteiger partial charge is 0.390 e. The van der Waals surface area contributed by atoms with Gasteiger partial charge in [0.25, 0.3) is 0 Å². The van der Waals surface area contributed by atoms with Crippen LogP contribution in [0.4, 0.5) is 0 Å². The van der Waals surface area contributed by atoms with Gasteiger partial charge in [-0.1, -0.05) is 31.2 Å². The zero-order valence-electron chi connectivity index (χ0n) is 8.07. The molecular formula is C11H16O2. The molecule has 1 aromatic rings. The zero-order valence-corrected chi connectivity index (χ0v) is 8.07. The SMILES string of the molecule is CC[C@H](O)[C@@H](O)c1ccccc1C. The summed E-state index contributed by atoms with van der Waals surface area (Å²) in [5.41, 5.74) is 1.83. The van der Waals surface area contributed by atoms with Crippen LogP contribution in [0.15, 0.2) is 24.3 Å². The second-order valence-electron chi connectivity index (χ2n) is 3.28. The highest BCUT2D eigenvalue weighted by Crippen LogP contribution is 2.21. The average Bonchev–Trinajstić information content (AvgIpc) is 2.16. The van der Waals surface area contributed by atoms with Crippen LogP contribution >= 0.6 is 0 Å². The monoisotopic (exact) mass is 180 g/mol. The zero-order chi connectivity index (χ0) is 9.84. The van der Waals surface area contributed by atoms with E-state index < -0.39 is 12.2 Å². The third kappa shape index (κ3) is 2.29. The van der Waals surface area contributed by atoms with Crippen LogP contribution in [0.1, 0.15) is 30.6 Å². The molecule has 2 nitrogen and oxygen atoms in total. The van der Waals surface area contributed by atoms with E-state index in [0.717, 1.165) is 11.1 Å². The fourth-order valence-electron chi connectivity index (χ4n) is 1.35. The summed E-state index contributed by atoms with van der Waals surface area (Å²) in [6.07, 6.45) is -0.859. The molecule has 0 saturated carbocycles. The molecule has 0 heterocycles. The van der Waals surface area contributed by atoms with Gasteiger partial charge in [-0.25, -0.2) is 0 Å². The van der Waals surface area contributed by atoms with Gasteiger partial charge in [0.15, 0.2) is 0 Å². The molecule has 2 N–H and O–H groups in total. The molecule has 0 aliphatic carbocycles. The number of aliphatic hydroxyl groups excluding tert-OH is 2. The Morgan fingerprint density at radius 3 is 2.38 bits per heavy atom. The topological polar surface area (TPSA) is 40.5 Å². The number of benzene rings is 1. The number of rotatable bonds is 3. The molecule has 0 spiro atoms. The number of hydrogen-bond acceptors (Lipinski definition) is 2. The highest BCUT2D eigenvalue weighted by molar-refractivity contribution is 5.28. The van der Waals surface area contributed by atoms with Gasteiger partial charge < -0.3 is 10.2 Å². The van der Waals surface area contributed by atoms with Gasteiger partial charge in [-0.15, -0.1) is 0 Å². The van der Waals surface area contributed by atoms with Crippen LogP contribution < -0.4 is 0 Å². The molecule has 0 aliphatic rings. The molecule has 72 valence electrons. The summed E-state index contributed by atoms with van der Waals surface area (Å²) >= 11 is 0. The molecule has 0 fully saturated rings. The summed E-state index contributed by atoms with van der Waals surface area (Å²) in [6, 6.07) is 7.57. The van der Waals surface area contributed by atoms with Crippen LogP contribution in [0.2, 0.25) is 0 Å². The molecule has 0 aromatic heterocycles. The quantitative estimate of drug-likeness (QED) is 0.744. The molecule has 0 saturated heterocycles. The van der Waals surface area contributed by atoms with Gasteiger partial charge >= 0.3 is 0 Å². The van der Waals surface area contributed by atoms with Crippen LogP contribution in [0.25, 0.3) is 0 Å². The van der Waals surface area contributed by atoms with Gasteiger partial charge in [0.1, 0.15) is 6.10 Å². The lowest BCUT2D eigenvalue weighted by Gasteiger charge is -2.18. The smallest absolute Gasteiger partial charge is 0.105 e. The maximum atomic E-state index is 9.72. The summed E-state index contributed by atoms with van der Waals surface area (Å²) in [7, 11) is 0. The summed E-state index contributed by atoms with van der Waals surface area (Å²) in [5.74, 6) is 0. The number of aryl methyl sites for hydroxylation is 1. The fraction of sp³-hybridized carbons (Fsp3) is 0.455. The van der Waals surface area contributed by atoms with E-state index in [-0.39, 0.29) is 0 Å². The summed E-state index contributed by atoms with van der Waals surface area (Å²) in [4.78, 5) is 0. The van der Waals surface area contributed by atoms with E-state index in [4.69, 9.17) is 0 Å². The molecular weight excluding hydrogens is 164 g/mol. The Morgan fingerprint density at radius 2 is 1.85 bits per heavy atom. The lowest BCUT2D eigenvalue weighted by atomic mass is 9.98. The summed E-state index contributed by atoms with van der Waals surface area (Å²) in [6.45, 7) is 3.78. The van der Waals surface area contributed by atoms with E-state index in [1.165, 1.54) is 0 Å². The first-order chi connectivity index (χ1) is 6.16. The van der Waals surface area contributed by atoms with Crippen molar-refractivity contribution in [3.05, 3.63) is 35.4 Å². The molecule has 0 radical (unpaired) electrons. The third-order valence-corrected chi connectivity index (χ3v) is 2.29. The van der Waals surface area contributed by atoms with E-state index in [2.05, 4.69) is 0 Å². The second-order valence-corrected chi connectivity index (χ2v) is 3.28. The van der Waals surface area contributed by atoms with Crippen molar-refractivity contribution < 1.29 is 10.2 Å². The van der Waals surface area contributed by atoms with Crippen molar-refractivity contribution in [2.75, 3.05) is 0 Å². The number of aliphatic hydroxyl groups is 2. The Bertz CT molecular complexity index is 271. The molecule has 0 aliphatic heterocycles. The Kier molecular flexibility index (Phi) is 3.46. The lowest BCUT2D eigenvalue weighted by molar-refractivity contribution is 0.0161. The normalized spacial score (nSPS) is 15.4. The van der Waals surface area contributed by atoms with Gasteiger partial charge in [0, 0.05) is 0 Å². The molecule has 0 unspecified atom stereocenters. The van der Waals surface area contributed by atoms with Crippen LogP contribution in [-0.2, 0) is 0 Å². The Hall–Kier alpha value is -0.860. The van der Waals surface area contributed by atoms with E-state index >= 15 is 0 Å². The molecule has 0 bridgehead atoms. The lowest BCUT2D eigenvalue weighted by Crippen LogP contribution is -2.17. The van der Waals surface area contributed by atoms with E-state index in [9.17, 15) is 10.2 Å². The van der Waals surface area contributed by atoms with E-state index in [1.807, 2.05) is 38.1 Å².